The van der Waals surface area contributed by atoms with Crippen LogP contribution in [-0.4, -0.2) is 29.5 Å². The molecule has 0 unspecified atom stereocenters. The van der Waals surface area contributed by atoms with Crippen molar-refractivity contribution in [3.8, 4) is 0 Å². The minimum absolute atomic E-state index is 1.09. The molecule has 2 nitrogen and oxygen atoms in total. The van der Waals surface area contributed by atoms with Gasteiger partial charge in [-0.1, -0.05) is 19.9 Å². The van der Waals surface area contributed by atoms with Gasteiger partial charge in [0.15, 0.2) is 0 Å². The first-order valence-electron chi connectivity index (χ1n) is 5.40. The Labute approximate surface area is 87.0 Å². The van der Waals surface area contributed by atoms with Crippen molar-refractivity contribution in [2.45, 2.75) is 27.2 Å². The Morgan fingerprint density at radius 3 is 2.43 bits per heavy atom. The normalized spacial score (nSPS) is 10.9. The van der Waals surface area contributed by atoms with Gasteiger partial charge in [-0.3, -0.25) is 4.98 Å². The summed E-state index contributed by atoms with van der Waals surface area (Å²) in [5.41, 5.74) is 2.43. The van der Waals surface area contributed by atoms with Crippen LogP contribution in [0.3, 0.4) is 0 Å². The summed E-state index contributed by atoms with van der Waals surface area (Å²) in [7, 11) is 0. The smallest absolute Gasteiger partial charge is 0.0372 e. The number of aryl methyl sites for hydroxylation is 1. The van der Waals surface area contributed by atoms with Crippen molar-refractivity contribution in [2.24, 2.45) is 0 Å². The standard InChI is InChI=1S/C12H20N2/c1-4-14(5-2)9-8-12-7-6-11(3)13-10-12/h6-7,10H,4-5,8-9H2,1-3H3. The third-order valence-electron chi connectivity index (χ3n) is 2.58. The van der Waals surface area contributed by atoms with E-state index in [9.17, 15) is 0 Å². The maximum absolute atomic E-state index is 4.29. The van der Waals surface area contributed by atoms with E-state index in [1.54, 1.807) is 0 Å². The van der Waals surface area contributed by atoms with E-state index < -0.39 is 0 Å². The molecule has 1 heterocycles. The van der Waals surface area contributed by atoms with Crippen molar-refractivity contribution in [1.29, 1.82) is 0 Å². The van der Waals surface area contributed by atoms with Crippen LogP contribution in [-0.2, 0) is 6.42 Å². The number of hydrogen-bond donors (Lipinski definition) is 0. The molecule has 0 bridgehead atoms. The lowest BCUT2D eigenvalue weighted by atomic mass is 10.2. The molecule has 0 radical (unpaired) electrons. The van der Waals surface area contributed by atoms with Gasteiger partial charge in [0.2, 0.25) is 0 Å². The Kier molecular flexibility index (Phi) is 4.60. The van der Waals surface area contributed by atoms with Crippen LogP contribution in [0, 0.1) is 6.92 Å². The van der Waals surface area contributed by atoms with E-state index in [0.29, 0.717) is 0 Å². The molecule has 0 fully saturated rings. The quantitative estimate of drug-likeness (QED) is 0.711. The van der Waals surface area contributed by atoms with Crippen LogP contribution < -0.4 is 0 Å². The molecule has 14 heavy (non-hydrogen) atoms. The first-order valence-corrected chi connectivity index (χ1v) is 5.40. The fourth-order valence-corrected chi connectivity index (χ4v) is 1.47. The third kappa shape index (κ3) is 3.46. The summed E-state index contributed by atoms with van der Waals surface area (Å²) in [5, 5.41) is 0. The molecular weight excluding hydrogens is 172 g/mol. The van der Waals surface area contributed by atoms with E-state index in [-0.39, 0.29) is 0 Å². The highest BCUT2D eigenvalue weighted by atomic mass is 15.1. The average Bonchev–Trinajstić information content (AvgIpc) is 2.22. The van der Waals surface area contributed by atoms with Crippen LogP contribution in [0.1, 0.15) is 25.1 Å². The summed E-state index contributed by atoms with van der Waals surface area (Å²) in [5.74, 6) is 0. The van der Waals surface area contributed by atoms with Gasteiger partial charge >= 0.3 is 0 Å². The average molecular weight is 192 g/mol. The minimum atomic E-state index is 1.09. The molecule has 0 spiro atoms. The summed E-state index contributed by atoms with van der Waals surface area (Å²) in [6.45, 7) is 9.84. The highest BCUT2D eigenvalue weighted by Crippen LogP contribution is 2.01. The second-order valence-electron chi connectivity index (χ2n) is 3.58. The van der Waals surface area contributed by atoms with Crippen LogP contribution in [0.15, 0.2) is 18.3 Å². The summed E-state index contributed by atoms with van der Waals surface area (Å²) >= 11 is 0. The van der Waals surface area contributed by atoms with E-state index in [1.807, 2.05) is 13.1 Å². The predicted octanol–water partition coefficient (Wildman–Crippen LogP) is 2.27. The van der Waals surface area contributed by atoms with Crippen LogP contribution in [0.5, 0.6) is 0 Å². The molecule has 0 aliphatic heterocycles. The largest absolute Gasteiger partial charge is 0.304 e. The van der Waals surface area contributed by atoms with Gasteiger partial charge in [0, 0.05) is 18.4 Å². The van der Waals surface area contributed by atoms with E-state index in [0.717, 1.165) is 31.7 Å². The van der Waals surface area contributed by atoms with Crippen molar-refractivity contribution in [1.82, 2.24) is 9.88 Å². The number of pyridine rings is 1. The zero-order valence-corrected chi connectivity index (χ0v) is 9.45. The molecule has 0 saturated carbocycles. The maximum Gasteiger partial charge on any atom is 0.0372 e. The van der Waals surface area contributed by atoms with Crippen molar-refractivity contribution in [2.75, 3.05) is 19.6 Å². The third-order valence-corrected chi connectivity index (χ3v) is 2.58. The highest BCUT2D eigenvalue weighted by molar-refractivity contribution is 5.13. The molecule has 0 atom stereocenters. The van der Waals surface area contributed by atoms with Crippen molar-refractivity contribution >= 4 is 0 Å². The van der Waals surface area contributed by atoms with Crippen LogP contribution >= 0.6 is 0 Å². The summed E-state index contributed by atoms with van der Waals surface area (Å²) in [6, 6.07) is 4.25. The Balaban J connectivity index is 2.41. The minimum Gasteiger partial charge on any atom is -0.304 e. The summed E-state index contributed by atoms with van der Waals surface area (Å²) < 4.78 is 0. The molecule has 0 aliphatic rings. The van der Waals surface area contributed by atoms with Crippen molar-refractivity contribution in [3.63, 3.8) is 0 Å². The molecule has 78 valence electrons. The van der Waals surface area contributed by atoms with Gasteiger partial charge in [-0.05, 0) is 38.1 Å². The molecule has 2 heteroatoms. The van der Waals surface area contributed by atoms with Gasteiger partial charge in [-0.15, -0.1) is 0 Å². The lowest BCUT2D eigenvalue weighted by molar-refractivity contribution is 0.308. The summed E-state index contributed by atoms with van der Waals surface area (Å²) in [4.78, 5) is 6.72. The fourth-order valence-electron chi connectivity index (χ4n) is 1.47. The van der Waals surface area contributed by atoms with Gasteiger partial charge in [-0.2, -0.15) is 0 Å². The Morgan fingerprint density at radius 1 is 1.21 bits per heavy atom. The van der Waals surface area contributed by atoms with E-state index in [1.165, 1.54) is 5.56 Å². The van der Waals surface area contributed by atoms with Gasteiger partial charge in [-0.25, -0.2) is 0 Å². The number of nitrogens with zero attached hydrogens (tertiary/aromatic N) is 2. The summed E-state index contributed by atoms with van der Waals surface area (Å²) in [6.07, 6.45) is 3.09. The molecular formula is C12H20N2. The van der Waals surface area contributed by atoms with Gasteiger partial charge in [0.1, 0.15) is 0 Å². The molecule has 1 aromatic heterocycles. The Hall–Kier alpha value is -0.890. The number of rotatable bonds is 5. The van der Waals surface area contributed by atoms with Gasteiger partial charge in [0.25, 0.3) is 0 Å². The van der Waals surface area contributed by atoms with Gasteiger partial charge in [0.05, 0.1) is 0 Å². The van der Waals surface area contributed by atoms with Crippen LogP contribution in [0.2, 0.25) is 0 Å². The fraction of sp³-hybridized carbons (Fsp3) is 0.583. The SMILES string of the molecule is CCN(CC)CCc1ccc(C)nc1. The second-order valence-corrected chi connectivity index (χ2v) is 3.58. The zero-order chi connectivity index (χ0) is 10.4. The Morgan fingerprint density at radius 2 is 1.93 bits per heavy atom. The molecule has 1 aromatic rings. The molecule has 0 saturated heterocycles. The van der Waals surface area contributed by atoms with E-state index in [2.05, 4.69) is 35.9 Å². The number of likely N-dealkylation sites (N-methyl/N-ethyl adjacent to an activating group) is 1. The Bertz CT molecular complexity index is 250. The van der Waals surface area contributed by atoms with Crippen LogP contribution in [0.4, 0.5) is 0 Å². The lowest BCUT2D eigenvalue weighted by Gasteiger charge is -2.17. The monoisotopic (exact) mass is 192 g/mol. The molecule has 0 amide bonds. The maximum atomic E-state index is 4.29. The number of aromatic nitrogens is 1. The number of hydrogen-bond acceptors (Lipinski definition) is 2. The second kappa shape index (κ2) is 5.76. The molecule has 0 N–H and O–H groups in total. The van der Waals surface area contributed by atoms with Crippen molar-refractivity contribution < 1.29 is 0 Å². The topological polar surface area (TPSA) is 16.1 Å². The highest BCUT2D eigenvalue weighted by Gasteiger charge is 1.99. The first-order chi connectivity index (χ1) is 6.76. The lowest BCUT2D eigenvalue weighted by Crippen LogP contribution is -2.25. The molecule has 0 aromatic carbocycles. The predicted molar refractivity (Wildman–Crippen MR) is 60.5 cm³/mol. The van der Waals surface area contributed by atoms with Crippen molar-refractivity contribution in [3.05, 3.63) is 29.6 Å². The van der Waals surface area contributed by atoms with Gasteiger partial charge < -0.3 is 4.90 Å². The molecule has 1 rings (SSSR count). The molecule has 0 aliphatic carbocycles. The van der Waals surface area contributed by atoms with E-state index in [4.69, 9.17) is 0 Å². The first kappa shape index (κ1) is 11.2. The zero-order valence-electron chi connectivity index (χ0n) is 9.45. The van der Waals surface area contributed by atoms with E-state index >= 15 is 0 Å². The van der Waals surface area contributed by atoms with Crippen LogP contribution in [0.25, 0.3) is 0 Å².